The maximum Gasteiger partial charge on any atom is 0.323 e. The van der Waals surface area contributed by atoms with Crippen molar-refractivity contribution in [3.63, 3.8) is 0 Å². The molecule has 0 spiro atoms. The van der Waals surface area contributed by atoms with Crippen molar-refractivity contribution in [1.29, 1.82) is 0 Å². The van der Waals surface area contributed by atoms with Gasteiger partial charge in [0, 0.05) is 39.1 Å². The molecule has 1 saturated heterocycles. The lowest BCUT2D eigenvalue weighted by Crippen LogP contribution is -2.46. The van der Waals surface area contributed by atoms with Crippen molar-refractivity contribution >= 4 is 11.7 Å². The molecule has 0 saturated carbocycles. The number of esters is 1. The lowest BCUT2D eigenvalue weighted by atomic mass is 10.0. The van der Waals surface area contributed by atoms with Crippen LogP contribution in [0.3, 0.4) is 0 Å². The first kappa shape index (κ1) is 20.3. The van der Waals surface area contributed by atoms with Crippen molar-refractivity contribution in [2.24, 2.45) is 5.73 Å². The van der Waals surface area contributed by atoms with E-state index in [1.165, 1.54) is 11.6 Å². The Morgan fingerprint density at radius 2 is 1.82 bits per heavy atom. The van der Waals surface area contributed by atoms with E-state index >= 15 is 0 Å². The van der Waals surface area contributed by atoms with E-state index in [9.17, 15) is 9.18 Å². The van der Waals surface area contributed by atoms with Gasteiger partial charge in [0.1, 0.15) is 11.9 Å². The van der Waals surface area contributed by atoms with Crippen molar-refractivity contribution in [2.45, 2.75) is 25.9 Å². The van der Waals surface area contributed by atoms with Crippen LogP contribution < -0.4 is 10.6 Å². The molecule has 0 aromatic heterocycles. The number of hydrogen-bond donors (Lipinski definition) is 1. The number of rotatable bonds is 7. The molecule has 2 N–H and O–H groups in total. The molecule has 2 aromatic rings. The molecule has 6 heteroatoms. The highest BCUT2D eigenvalue weighted by Gasteiger charge is 2.24. The van der Waals surface area contributed by atoms with Crippen molar-refractivity contribution in [3.05, 3.63) is 65.5 Å². The number of nitrogens with two attached hydrogens (primary N) is 1. The molecule has 1 aliphatic rings. The van der Waals surface area contributed by atoms with Crippen LogP contribution in [-0.4, -0.2) is 49.7 Å². The van der Waals surface area contributed by atoms with Gasteiger partial charge in [0.2, 0.25) is 0 Å². The number of halogens is 1. The minimum atomic E-state index is -0.792. The number of hydrogen-bond acceptors (Lipinski definition) is 5. The third kappa shape index (κ3) is 5.09. The summed E-state index contributed by atoms with van der Waals surface area (Å²) in [6, 6.07) is 14.5. The Kier molecular flexibility index (Phi) is 7.01. The topological polar surface area (TPSA) is 58.8 Å². The second-order valence-corrected chi connectivity index (χ2v) is 7.06. The van der Waals surface area contributed by atoms with Crippen molar-refractivity contribution in [2.75, 3.05) is 37.7 Å². The van der Waals surface area contributed by atoms with Gasteiger partial charge in [-0.2, -0.15) is 0 Å². The summed E-state index contributed by atoms with van der Waals surface area (Å²) in [5, 5.41) is 0. The average Bonchev–Trinajstić information content (AvgIpc) is 2.70. The second kappa shape index (κ2) is 9.66. The van der Waals surface area contributed by atoms with Crippen LogP contribution in [0.5, 0.6) is 0 Å². The van der Waals surface area contributed by atoms with E-state index in [0.717, 1.165) is 38.3 Å². The molecule has 1 aliphatic heterocycles. The van der Waals surface area contributed by atoms with Crippen LogP contribution in [0, 0.1) is 5.82 Å². The second-order valence-electron chi connectivity index (χ2n) is 7.06. The zero-order valence-corrected chi connectivity index (χ0v) is 16.3. The zero-order valence-electron chi connectivity index (χ0n) is 16.3. The molecular weight excluding hydrogens is 357 g/mol. The summed E-state index contributed by atoms with van der Waals surface area (Å²) in [7, 11) is 0. The van der Waals surface area contributed by atoms with Gasteiger partial charge in [-0.15, -0.1) is 0 Å². The Hall–Kier alpha value is -2.44. The predicted molar refractivity (Wildman–Crippen MR) is 109 cm³/mol. The summed E-state index contributed by atoms with van der Waals surface area (Å²) in [6.45, 7) is 6.09. The molecular formula is C22H28FN3O2. The molecule has 0 amide bonds. The van der Waals surface area contributed by atoms with Gasteiger partial charge in [-0.3, -0.25) is 9.69 Å². The Labute approximate surface area is 165 Å². The van der Waals surface area contributed by atoms with E-state index in [0.29, 0.717) is 5.69 Å². The molecule has 0 bridgehead atoms. The number of piperazine rings is 1. The lowest BCUT2D eigenvalue weighted by Gasteiger charge is -2.37. The molecule has 1 fully saturated rings. The third-order valence-electron chi connectivity index (χ3n) is 5.04. The van der Waals surface area contributed by atoms with Crippen LogP contribution in [0.25, 0.3) is 0 Å². The Morgan fingerprint density at radius 1 is 1.11 bits per heavy atom. The van der Waals surface area contributed by atoms with Gasteiger partial charge < -0.3 is 15.4 Å². The van der Waals surface area contributed by atoms with E-state index in [2.05, 4.69) is 21.9 Å². The maximum absolute atomic E-state index is 14.7. The molecule has 28 heavy (non-hydrogen) atoms. The summed E-state index contributed by atoms with van der Waals surface area (Å²) in [4.78, 5) is 16.3. The first-order valence-corrected chi connectivity index (χ1v) is 9.79. The van der Waals surface area contributed by atoms with Crippen LogP contribution >= 0.6 is 0 Å². The average molecular weight is 385 g/mol. The van der Waals surface area contributed by atoms with Crippen molar-refractivity contribution in [3.8, 4) is 0 Å². The largest absolute Gasteiger partial charge is 0.465 e. The van der Waals surface area contributed by atoms with Crippen LogP contribution in [0.1, 0.15) is 18.1 Å². The summed E-state index contributed by atoms with van der Waals surface area (Å²) >= 11 is 0. The Bertz CT molecular complexity index is 777. The van der Waals surface area contributed by atoms with Crippen LogP contribution in [0.15, 0.2) is 48.5 Å². The minimum absolute atomic E-state index is 0.260. The molecule has 5 nitrogen and oxygen atoms in total. The first-order chi connectivity index (χ1) is 13.6. The van der Waals surface area contributed by atoms with Gasteiger partial charge in [-0.1, -0.05) is 42.5 Å². The van der Waals surface area contributed by atoms with E-state index in [-0.39, 0.29) is 18.8 Å². The summed E-state index contributed by atoms with van der Waals surface area (Å²) in [5.41, 5.74) is 8.55. The highest BCUT2D eigenvalue weighted by atomic mass is 19.1. The lowest BCUT2D eigenvalue weighted by molar-refractivity contribution is -0.144. The fourth-order valence-corrected chi connectivity index (χ4v) is 3.62. The number of carbonyl (C=O) groups is 1. The monoisotopic (exact) mass is 385 g/mol. The quantitative estimate of drug-likeness (QED) is 0.743. The third-order valence-corrected chi connectivity index (χ3v) is 5.04. The first-order valence-electron chi connectivity index (χ1n) is 9.79. The predicted octanol–water partition coefficient (Wildman–Crippen LogP) is 2.58. The van der Waals surface area contributed by atoms with Gasteiger partial charge in [0.25, 0.3) is 0 Å². The molecule has 1 heterocycles. The minimum Gasteiger partial charge on any atom is -0.465 e. The molecule has 1 unspecified atom stereocenters. The SMILES string of the molecule is CCOC(=O)C(N)Cc1cccc(F)c1N1CCN(Cc2ccccc2)CC1. The molecule has 0 radical (unpaired) electrons. The van der Waals surface area contributed by atoms with Gasteiger partial charge in [-0.25, -0.2) is 4.39 Å². The van der Waals surface area contributed by atoms with E-state index in [1.807, 2.05) is 24.3 Å². The van der Waals surface area contributed by atoms with Gasteiger partial charge >= 0.3 is 5.97 Å². The molecule has 2 aromatic carbocycles. The zero-order chi connectivity index (χ0) is 19.9. The smallest absolute Gasteiger partial charge is 0.323 e. The van der Waals surface area contributed by atoms with Crippen LogP contribution in [0.4, 0.5) is 10.1 Å². The number of nitrogens with zero attached hydrogens (tertiary/aromatic N) is 2. The van der Waals surface area contributed by atoms with Gasteiger partial charge in [0.15, 0.2) is 0 Å². The summed E-state index contributed by atoms with van der Waals surface area (Å²) < 4.78 is 19.7. The van der Waals surface area contributed by atoms with Crippen LogP contribution in [-0.2, 0) is 22.5 Å². The van der Waals surface area contributed by atoms with E-state index < -0.39 is 12.0 Å². The van der Waals surface area contributed by atoms with Crippen LogP contribution in [0.2, 0.25) is 0 Å². The van der Waals surface area contributed by atoms with Gasteiger partial charge in [0.05, 0.1) is 12.3 Å². The summed E-state index contributed by atoms with van der Waals surface area (Å²) in [5.74, 6) is -0.726. The van der Waals surface area contributed by atoms with E-state index in [1.54, 1.807) is 13.0 Å². The highest BCUT2D eigenvalue weighted by molar-refractivity contribution is 5.76. The number of para-hydroxylation sites is 1. The molecule has 1 atom stereocenters. The highest BCUT2D eigenvalue weighted by Crippen LogP contribution is 2.27. The maximum atomic E-state index is 14.7. The van der Waals surface area contributed by atoms with E-state index in [4.69, 9.17) is 10.5 Å². The fraction of sp³-hybridized carbons (Fsp3) is 0.409. The molecule has 3 rings (SSSR count). The normalized spacial score (nSPS) is 16.0. The Balaban J connectivity index is 1.66. The van der Waals surface area contributed by atoms with Crippen molar-refractivity contribution < 1.29 is 13.9 Å². The number of anilines is 1. The standard InChI is InChI=1S/C22H28FN3O2/c1-2-28-22(27)20(24)15-18-9-6-10-19(23)21(18)26-13-11-25(12-14-26)16-17-7-4-3-5-8-17/h3-10,20H,2,11-16,24H2,1H3. The summed E-state index contributed by atoms with van der Waals surface area (Å²) in [6.07, 6.45) is 0.260. The number of benzene rings is 2. The number of carbonyl (C=O) groups excluding carboxylic acids is 1. The van der Waals surface area contributed by atoms with Crippen molar-refractivity contribution in [1.82, 2.24) is 4.90 Å². The Morgan fingerprint density at radius 3 is 2.50 bits per heavy atom. The van der Waals surface area contributed by atoms with Gasteiger partial charge in [-0.05, 0) is 24.1 Å². The number of ether oxygens (including phenoxy) is 1. The molecule has 0 aliphatic carbocycles. The fourth-order valence-electron chi connectivity index (χ4n) is 3.62. The molecule has 150 valence electrons.